The van der Waals surface area contributed by atoms with E-state index >= 15 is 0 Å². The number of rotatable bonds is 9. The third kappa shape index (κ3) is 6.57. The molecular formula is C40H43BN2. The van der Waals surface area contributed by atoms with Gasteiger partial charge in [0.1, 0.15) is 7.85 Å². The molecule has 0 aromatic heterocycles. The maximum absolute atomic E-state index is 6.29. The normalized spacial score (nSPS) is 11.0. The molecule has 0 amide bonds. The van der Waals surface area contributed by atoms with Gasteiger partial charge in [0.2, 0.25) is 0 Å². The lowest BCUT2D eigenvalue weighted by Gasteiger charge is -2.33. The predicted octanol–water partition coefficient (Wildman–Crippen LogP) is 10.6. The third-order valence-electron chi connectivity index (χ3n) is 8.28. The van der Waals surface area contributed by atoms with Gasteiger partial charge in [-0.1, -0.05) is 78.5 Å². The van der Waals surface area contributed by atoms with Gasteiger partial charge in [-0.3, -0.25) is 0 Å². The lowest BCUT2D eigenvalue weighted by molar-refractivity contribution is 0.794. The molecule has 0 saturated carbocycles. The molecule has 0 N–H and O–H groups in total. The van der Waals surface area contributed by atoms with Crippen LogP contribution in [0.5, 0.6) is 0 Å². The molecule has 0 heterocycles. The highest BCUT2D eigenvalue weighted by molar-refractivity contribution is 6.32. The Balaban J connectivity index is 1.65. The van der Waals surface area contributed by atoms with Crippen LogP contribution in [0.3, 0.4) is 0 Å². The van der Waals surface area contributed by atoms with Gasteiger partial charge in [-0.15, -0.1) is 0 Å². The minimum absolute atomic E-state index is 0.796. The van der Waals surface area contributed by atoms with E-state index in [2.05, 4.69) is 155 Å². The fraction of sp³-hybridized carbons (Fsp3) is 0.250. The molecule has 43 heavy (non-hydrogen) atoms. The van der Waals surface area contributed by atoms with E-state index in [9.17, 15) is 0 Å². The molecular weight excluding hydrogens is 519 g/mol. The molecule has 5 aromatic rings. The molecule has 0 aliphatic carbocycles. The van der Waals surface area contributed by atoms with Crippen molar-refractivity contribution in [2.45, 2.75) is 67.7 Å². The summed E-state index contributed by atoms with van der Waals surface area (Å²) in [6.07, 6.45) is 3.52. The highest BCUT2D eigenvalue weighted by Crippen LogP contribution is 2.43. The van der Waals surface area contributed by atoms with Gasteiger partial charge in [-0.2, -0.15) is 0 Å². The van der Waals surface area contributed by atoms with Crippen LogP contribution < -0.4 is 15.3 Å². The third-order valence-corrected chi connectivity index (χ3v) is 8.28. The zero-order valence-corrected chi connectivity index (χ0v) is 26.8. The second-order valence-electron chi connectivity index (χ2n) is 12.0. The highest BCUT2D eigenvalue weighted by atomic mass is 15.2. The molecule has 0 atom stereocenters. The smallest absolute Gasteiger partial charge is 0.113 e. The van der Waals surface area contributed by atoms with E-state index in [4.69, 9.17) is 7.85 Å². The summed E-state index contributed by atoms with van der Waals surface area (Å²) in [7, 11) is 6.29. The molecule has 0 bridgehead atoms. The first-order valence-electron chi connectivity index (χ1n) is 15.5. The first kappa shape index (κ1) is 30.2. The molecule has 2 nitrogen and oxygen atoms in total. The van der Waals surface area contributed by atoms with Crippen molar-refractivity contribution in [3.8, 4) is 0 Å². The van der Waals surface area contributed by atoms with Gasteiger partial charge < -0.3 is 9.80 Å². The second kappa shape index (κ2) is 13.0. The van der Waals surface area contributed by atoms with Crippen LogP contribution >= 0.6 is 0 Å². The first-order chi connectivity index (χ1) is 20.7. The Morgan fingerprint density at radius 2 is 0.837 bits per heavy atom. The Bertz CT molecular complexity index is 1610. The van der Waals surface area contributed by atoms with Crippen molar-refractivity contribution in [3.05, 3.63) is 136 Å². The summed E-state index contributed by atoms with van der Waals surface area (Å²) in [5.41, 5.74) is 16.5. The van der Waals surface area contributed by atoms with Crippen LogP contribution in [0.2, 0.25) is 0 Å². The van der Waals surface area contributed by atoms with Crippen molar-refractivity contribution >= 4 is 47.4 Å². The fourth-order valence-electron chi connectivity index (χ4n) is 6.22. The Kier molecular flexibility index (Phi) is 9.11. The van der Waals surface area contributed by atoms with E-state index in [0.717, 1.165) is 45.8 Å². The number of unbranched alkanes of at least 4 members (excludes halogenated alkanes) is 1. The summed E-state index contributed by atoms with van der Waals surface area (Å²) < 4.78 is 0. The molecule has 5 aromatic carbocycles. The van der Waals surface area contributed by atoms with Crippen molar-refractivity contribution in [3.63, 3.8) is 0 Å². The van der Waals surface area contributed by atoms with Crippen molar-refractivity contribution < 1.29 is 0 Å². The number of hydrogen-bond acceptors (Lipinski definition) is 2. The zero-order chi connectivity index (χ0) is 30.7. The van der Waals surface area contributed by atoms with E-state index in [1.807, 2.05) is 0 Å². The summed E-state index contributed by atoms with van der Waals surface area (Å²) in [4.78, 5) is 4.76. The van der Waals surface area contributed by atoms with Gasteiger partial charge in [0.15, 0.2) is 0 Å². The summed E-state index contributed by atoms with van der Waals surface area (Å²) in [5.74, 6) is 0. The topological polar surface area (TPSA) is 6.48 Å². The molecule has 0 saturated heterocycles. The Morgan fingerprint density at radius 1 is 0.488 bits per heavy atom. The maximum atomic E-state index is 6.29. The fourth-order valence-corrected chi connectivity index (χ4v) is 6.22. The molecule has 2 radical (unpaired) electrons. The second-order valence-corrected chi connectivity index (χ2v) is 12.0. The van der Waals surface area contributed by atoms with E-state index in [1.54, 1.807) is 0 Å². The van der Waals surface area contributed by atoms with Crippen LogP contribution in [0.4, 0.5) is 34.1 Å². The Morgan fingerprint density at radius 3 is 1.23 bits per heavy atom. The van der Waals surface area contributed by atoms with Crippen molar-refractivity contribution in [2.24, 2.45) is 0 Å². The van der Waals surface area contributed by atoms with E-state index < -0.39 is 0 Å². The standard InChI is InChI=1S/C40H43BN2/c1-8-9-10-33-23-29(4)39(30(5)24-33)43(40-31(6)25-34(41)26-32(40)7)38-21-19-37(20-22-38)42(35-15-11-27(2)12-16-35)36-17-13-28(3)14-18-36/h11-26H,8-10H2,1-7H3. The lowest BCUT2D eigenvalue weighted by Crippen LogP contribution is -2.18. The van der Waals surface area contributed by atoms with Gasteiger partial charge in [-0.25, -0.2) is 0 Å². The van der Waals surface area contributed by atoms with Crippen molar-refractivity contribution in [1.29, 1.82) is 0 Å². The van der Waals surface area contributed by atoms with Crippen LogP contribution in [0.1, 0.15) is 58.7 Å². The van der Waals surface area contributed by atoms with Gasteiger partial charge in [0.25, 0.3) is 0 Å². The number of benzene rings is 5. The minimum Gasteiger partial charge on any atom is -0.311 e. The van der Waals surface area contributed by atoms with Crippen LogP contribution in [-0.2, 0) is 6.42 Å². The summed E-state index contributed by atoms with van der Waals surface area (Å²) >= 11 is 0. The zero-order valence-electron chi connectivity index (χ0n) is 26.8. The van der Waals surface area contributed by atoms with Gasteiger partial charge >= 0.3 is 0 Å². The van der Waals surface area contributed by atoms with Crippen molar-refractivity contribution in [1.82, 2.24) is 0 Å². The average Bonchev–Trinajstić information content (AvgIpc) is 2.97. The van der Waals surface area contributed by atoms with Crippen LogP contribution in [0.25, 0.3) is 0 Å². The lowest BCUT2D eigenvalue weighted by atomic mass is 9.90. The Labute approximate surface area is 260 Å². The molecule has 0 unspecified atom stereocenters. The monoisotopic (exact) mass is 562 g/mol. The van der Waals surface area contributed by atoms with Gasteiger partial charge in [0.05, 0.1) is 11.4 Å². The van der Waals surface area contributed by atoms with Gasteiger partial charge in [-0.05, 0) is 131 Å². The number of nitrogens with zero attached hydrogens (tertiary/aromatic N) is 2. The first-order valence-corrected chi connectivity index (χ1v) is 15.5. The maximum Gasteiger partial charge on any atom is 0.113 e. The Hall–Kier alpha value is -4.24. The molecule has 0 aliphatic rings. The van der Waals surface area contributed by atoms with Crippen LogP contribution in [0, 0.1) is 41.5 Å². The number of anilines is 6. The molecule has 0 fully saturated rings. The molecule has 216 valence electrons. The van der Waals surface area contributed by atoms with Crippen LogP contribution in [-0.4, -0.2) is 7.85 Å². The SMILES string of the molecule is [B]c1cc(C)c(N(c2ccc(N(c3ccc(C)cc3)c3ccc(C)cc3)cc2)c2c(C)cc(CCCC)cc2C)c(C)c1. The van der Waals surface area contributed by atoms with E-state index in [-0.39, 0.29) is 0 Å². The molecule has 5 rings (SSSR count). The predicted molar refractivity (Wildman–Crippen MR) is 188 cm³/mol. The molecule has 3 heteroatoms. The minimum atomic E-state index is 0.796. The molecule has 0 aliphatic heterocycles. The van der Waals surface area contributed by atoms with E-state index in [1.165, 1.54) is 52.0 Å². The summed E-state index contributed by atoms with van der Waals surface area (Å²) in [6.45, 7) is 15.3. The highest BCUT2D eigenvalue weighted by Gasteiger charge is 2.22. The number of aryl methyl sites for hydroxylation is 7. The largest absolute Gasteiger partial charge is 0.311 e. The quantitative estimate of drug-likeness (QED) is 0.165. The van der Waals surface area contributed by atoms with E-state index in [0.29, 0.717) is 0 Å². The van der Waals surface area contributed by atoms with Crippen LogP contribution in [0.15, 0.2) is 97.1 Å². The van der Waals surface area contributed by atoms with Crippen molar-refractivity contribution in [2.75, 3.05) is 9.80 Å². The summed E-state index contributed by atoms with van der Waals surface area (Å²) in [5, 5.41) is 0. The van der Waals surface area contributed by atoms with Gasteiger partial charge in [0, 0.05) is 22.7 Å². The summed E-state index contributed by atoms with van der Waals surface area (Å²) in [6, 6.07) is 35.4. The molecule has 0 spiro atoms. The number of hydrogen-bond donors (Lipinski definition) is 0. The average molecular weight is 563 g/mol.